The monoisotopic (exact) mass is 473 g/mol. The predicted octanol–water partition coefficient (Wildman–Crippen LogP) is 7.93. The van der Waals surface area contributed by atoms with E-state index in [0.717, 1.165) is 34.7 Å². The third kappa shape index (κ3) is 3.46. The second-order valence-electron chi connectivity index (χ2n) is 8.84. The van der Waals surface area contributed by atoms with Crippen molar-refractivity contribution < 1.29 is 9.59 Å². The lowest BCUT2D eigenvalue weighted by Gasteiger charge is -2.29. The molecule has 3 heterocycles. The summed E-state index contributed by atoms with van der Waals surface area (Å²) in [4.78, 5) is 33.4. The van der Waals surface area contributed by atoms with Gasteiger partial charge in [-0.2, -0.15) is 0 Å². The molecule has 2 aromatic heterocycles. The van der Waals surface area contributed by atoms with Gasteiger partial charge in [0.25, 0.3) is 11.8 Å². The summed E-state index contributed by atoms with van der Waals surface area (Å²) in [5.74, 6) is -0.348. The number of carbonyl (C=O) groups excluding carboxylic acids is 2. The molecule has 3 nitrogen and oxygen atoms in total. The summed E-state index contributed by atoms with van der Waals surface area (Å²) >= 11 is 3.56. The molecule has 2 amide bonds. The number of hydrogen-bond acceptors (Lipinski definition) is 4. The van der Waals surface area contributed by atoms with E-state index in [0.29, 0.717) is 17.7 Å². The molecule has 4 aromatic rings. The molecule has 0 aliphatic carbocycles. The van der Waals surface area contributed by atoms with Crippen molar-refractivity contribution in [3.05, 3.63) is 67.0 Å². The standard InChI is InChI=1S/C28H27NO2S2/c1-6-7-11-29-27(30)20-10-8-9-19-25(20)24(28(29)31)14-23(21-12-15(2)32-17(21)4)26(19)22-13-16(3)33-18(22)5/h8-10,12-14H,6-7,11H2,1-5H3. The molecule has 5 heteroatoms. The maximum absolute atomic E-state index is 13.6. The van der Waals surface area contributed by atoms with Gasteiger partial charge in [0.1, 0.15) is 0 Å². The van der Waals surface area contributed by atoms with E-state index in [1.54, 1.807) is 22.7 Å². The highest BCUT2D eigenvalue weighted by atomic mass is 32.1. The molecule has 0 bridgehead atoms. The van der Waals surface area contributed by atoms with E-state index in [4.69, 9.17) is 0 Å². The Morgan fingerprint density at radius 1 is 0.758 bits per heavy atom. The molecule has 33 heavy (non-hydrogen) atoms. The second kappa shape index (κ2) is 8.23. The van der Waals surface area contributed by atoms with Crippen LogP contribution in [0.1, 0.15) is 60.0 Å². The first-order valence-electron chi connectivity index (χ1n) is 11.4. The van der Waals surface area contributed by atoms with Gasteiger partial charge >= 0.3 is 0 Å². The number of amides is 2. The van der Waals surface area contributed by atoms with E-state index in [1.165, 1.54) is 35.5 Å². The van der Waals surface area contributed by atoms with Gasteiger partial charge in [0.15, 0.2) is 0 Å². The molecule has 5 rings (SSSR count). The number of hydrogen-bond donors (Lipinski definition) is 0. The molecule has 0 atom stereocenters. The van der Waals surface area contributed by atoms with Crippen LogP contribution < -0.4 is 0 Å². The summed E-state index contributed by atoms with van der Waals surface area (Å²) in [6.07, 6.45) is 1.74. The van der Waals surface area contributed by atoms with Crippen LogP contribution in [0.2, 0.25) is 0 Å². The van der Waals surface area contributed by atoms with Gasteiger partial charge in [-0.25, -0.2) is 0 Å². The van der Waals surface area contributed by atoms with E-state index in [-0.39, 0.29) is 11.8 Å². The Morgan fingerprint density at radius 3 is 2.00 bits per heavy atom. The second-order valence-corrected chi connectivity index (χ2v) is 11.8. The van der Waals surface area contributed by atoms with Gasteiger partial charge < -0.3 is 0 Å². The smallest absolute Gasteiger partial charge is 0.261 e. The fourth-order valence-corrected chi connectivity index (χ4v) is 6.88. The number of aryl methyl sites for hydroxylation is 4. The van der Waals surface area contributed by atoms with Crippen molar-refractivity contribution in [3.8, 4) is 22.3 Å². The van der Waals surface area contributed by atoms with Crippen molar-refractivity contribution in [2.45, 2.75) is 47.5 Å². The van der Waals surface area contributed by atoms with Crippen molar-refractivity contribution in [2.75, 3.05) is 6.54 Å². The van der Waals surface area contributed by atoms with Gasteiger partial charge in [-0.1, -0.05) is 25.5 Å². The van der Waals surface area contributed by atoms with Gasteiger partial charge in [-0.3, -0.25) is 14.5 Å². The number of thiophene rings is 2. The number of imide groups is 1. The van der Waals surface area contributed by atoms with Gasteiger partial charge in [0.05, 0.1) is 0 Å². The molecule has 0 N–H and O–H groups in total. The average Bonchev–Trinajstić information content (AvgIpc) is 3.30. The molecule has 0 radical (unpaired) electrons. The molecule has 0 unspecified atom stereocenters. The van der Waals surface area contributed by atoms with Gasteiger partial charge in [-0.15, -0.1) is 22.7 Å². The Bertz CT molecular complexity index is 1440. The van der Waals surface area contributed by atoms with E-state index < -0.39 is 0 Å². The predicted molar refractivity (Wildman–Crippen MR) is 140 cm³/mol. The Kier molecular flexibility index (Phi) is 5.50. The van der Waals surface area contributed by atoms with Crippen molar-refractivity contribution in [1.29, 1.82) is 0 Å². The number of rotatable bonds is 5. The molecule has 0 saturated heterocycles. The zero-order chi connectivity index (χ0) is 23.4. The zero-order valence-corrected chi connectivity index (χ0v) is 21.3. The van der Waals surface area contributed by atoms with Crippen LogP contribution in [-0.2, 0) is 0 Å². The van der Waals surface area contributed by atoms with E-state index in [9.17, 15) is 9.59 Å². The first-order valence-corrected chi connectivity index (χ1v) is 13.1. The molecular weight excluding hydrogens is 446 g/mol. The van der Waals surface area contributed by atoms with Crippen LogP contribution in [0.15, 0.2) is 36.4 Å². The van der Waals surface area contributed by atoms with Crippen LogP contribution in [0.25, 0.3) is 33.0 Å². The summed E-state index contributed by atoms with van der Waals surface area (Å²) in [7, 11) is 0. The topological polar surface area (TPSA) is 37.4 Å². The van der Waals surface area contributed by atoms with Crippen molar-refractivity contribution >= 4 is 45.3 Å². The van der Waals surface area contributed by atoms with E-state index in [1.807, 2.05) is 12.1 Å². The van der Waals surface area contributed by atoms with Crippen LogP contribution in [-0.4, -0.2) is 23.3 Å². The minimum atomic E-state index is -0.175. The number of unbranched alkanes of at least 4 members (excludes halogenated alkanes) is 1. The van der Waals surface area contributed by atoms with Crippen LogP contribution in [0, 0.1) is 27.7 Å². The zero-order valence-electron chi connectivity index (χ0n) is 19.7. The van der Waals surface area contributed by atoms with Gasteiger partial charge in [-0.05, 0) is 86.0 Å². The Hall–Kier alpha value is -2.76. The van der Waals surface area contributed by atoms with Crippen molar-refractivity contribution in [3.63, 3.8) is 0 Å². The number of benzene rings is 2. The lowest BCUT2D eigenvalue weighted by atomic mass is 9.84. The summed E-state index contributed by atoms with van der Waals surface area (Å²) in [6.45, 7) is 11.1. The summed E-state index contributed by atoms with van der Waals surface area (Å²) in [5.41, 5.74) is 5.84. The fourth-order valence-electron chi connectivity index (χ4n) is 5.01. The lowest BCUT2D eigenvalue weighted by Crippen LogP contribution is -2.40. The summed E-state index contributed by atoms with van der Waals surface area (Å²) in [5, 5.41) is 1.79. The highest BCUT2D eigenvalue weighted by Crippen LogP contribution is 2.47. The molecule has 0 spiro atoms. The normalized spacial score (nSPS) is 13.4. The summed E-state index contributed by atoms with van der Waals surface area (Å²) in [6, 6.07) is 12.4. The van der Waals surface area contributed by atoms with Crippen LogP contribution in [0.5, 0.6) is 0 Å². The molecule has 2 aromatic carbocycles. The highest BCUT2D eigenvalue weighted by Gasteiger charge is 2.34. The average molecular weight is 474 g/mol. The minimum absolute atomic E-state index is 0.173. The molecular formula is C28H27NO2S2. The Labute approximate surface area is 202 Å². The van der Waals surface area contributed by atoms with Crippen molar-refractivity contribution in [2.24, 2.45) is 0 Å². The van der Waals surface area contributed by atoms with E-state index >= 15 is 0 Å². The number of nitrogens with zero attached hydrogens (tertiary/aromatic N) is 1. The Balaban J connectivity index is 1.90. The molecule has 1 aliphatic rings. The van der Waals surface area contributed by atoms with Crippen LogP contribution in [0.4, 0.5) is 0 Å². The third-order valence-corrected chi connectivity index (χ3v) is 8.42. The van der Waals surface area contributed by atoms with Crippen molar-refractivity contribution in [1.82, 2.24) is 4.90 Å². The summed E-state index contributed by atoms with van der Waals surface area (Å²) < 4.78 is 0. The fraction of sp³-hybridized carbons (Fsp3) is 0.286. The van der Waals surface area contributed by atoms with Gasteiger partial charge in [0.2, 0.25) is 0 Å². The lowest BCUT2D eigenvalue weighted by molar-refractivity contribution is 0.0608. The molecule has 1 aliphatic heterocycles. The Morgan fingerprint density at radius 2 is 1.39 bits per heavy atom. The molecule has 0 fully saturated rings. The largest absolute Gasteiger partial charge is 0.274 e. The van der Waals surface area contributed by atoms with Gasteiger partial charge in [0, 0.05) is 42.6 Å². The van der Waals surface area contributed by atoms with Crippen LogP contribution >= 0.6 is 22.7 Å². The molecule has 168 valence electrons. The minimum Gasteiger partial charge on any atom is -0.274 e. The highest BCUT2D eigenvalue weighted by molar-refractivity contribution is 7.12. The first-order chi connectivity index (χ1) is 15.8. The number of carbonyl (C=O) groups is 2. The molecule has 0 saturated carbocycles. The van der Waals surface area contributed by atoms with E-state index in [2.05, 4.69) is 58.9 Å². The first kappa shape index (κ1) is 22.1. The van der Waals surface area contributed by atoms with Crippen LogP contribution in [0.3, 0.4) is 0 Å². The maximum atomic E-state index is 13.6. The quantitative estimate of drug-likeness (QED) is 0.276. The SMILES string of the molecule is CCCCN1C(=O)c2cccc3c(-c4cc(C)sc4C)c(-c4cc(C)sc4C)cc(c23)C1=O. The third-order valence-electron chi connectivity index (χ3n) is 6.49. The maximum Gasteiger partial charge on any atom is 0.261 e.